The average Bonchev–Trinajstić information content (AvgIpc) is 2.66. The van der Waals surface area contributed by atoms with Gasteiger partial charge in [0.2, 0.25) is 0 Å². The summed E-state index contributed by atoms with van der Waals surface area (Å²) in [6, 6.07) is 0. The highest BCUT2D eigenvalue weighted by molar-refractivity contribution is 4.80. The second-order valence-electron chi connectivity index (χ2n) is 6.35. The Hall–Kier alpha value is -0.120. The number of hydrogen-bond donors (Lipinski definition) is 1. The van der Waals surface area contributed by atoms with Crippen LogP contribution in [0.2, 0.25) is 0 Å². The predicted molar refractivity (Wildman–Crippen MR) is 77.7 cm³/mol. The van der Waals surface area contributed by atoms with Gasteiger partial charge in [0.15, 0.2) is 0 Å². The summed E-state index contributed by atoms with van der Waals surface area (Å²) in [5.41, 5.74) is 6.05. The highest BCUT2D eigenvalue weighted by atomic mass is 15.1. The summed E-state index contributed by atoms with van der Waals surface area (Å²) in [7, 11) is 2.24. The molecule has 2 heterocycles. The van der Waals surface area contributed by atoms with Gasteiger partial charge in [0, 0.05) is 6.54 Å². The zero-order valence-corrected chi connectivity index (χ0v) is 12.1. The van der Waals surface area contributed by atoms with Crippen LogP contribution in [0.5, 0.6) is 0 Å². The van der Waals surface area contributed by atoms with Gasteiger partial charge in [0.1, 0.15) is 0 Å². The van der Waals surface area contributed by atoms with E-state index in [0.717, 1.165) is 18.4 Å². The average molecular weight is 253 g/mol. The van der Waals surface area contributed by atoms with Crippen LogP contribution in [0.25, 0.3) is 0 Å². The fraction of sp³-hybridized carbons (Fsp3) is 1.00. The van der Waals surface area contributed by atoms with E-state index in [2.05, 4.69) is 16.8 Å². The van der Waals surface area contributed by atoms with Gasteiger partial charge in [-0.3, -0.25) is 0 Å². The molecule has 0 bridgehead atoms. The van der Waals surface area contributed by atoms with Crippen molar-refractivity contribution < 1.29 is 0 Å². The molecule has 2 aliphatic heterocycles. The van der Waals surface area contributed by atoms with Crippen LogP contribution in [0.15, 0.2) is 0 Å². The lowest BCUT2D eigenvalue weighted by Gasteiger charge is -2.36. The zero-order valence-electron chi connectivity index (χ0n) is 12.1. The second-order valence-corrected chi connectivity index (χ2v) is 6.35. The Morgan fingerprint density at radius 2 is 1.61 bits per heavy atom. The predicted octanol–water partition coefficient (Wildman–Crippen LogP) is 1.78. The van der Waals surface area contributed by atoms with Crippen molar-refractivity contribution in [3.63, 3.8) is 0 Å². The SMILES string of the molecule is CN1CCC(C(CN)CN2CCCCCC2)CC1. The maximum atomic E-state index is 6.05. The molecule has 2 rings (SSSR count). The molecule has 0 saturated carbocycles. The topological polar surface area (TPSA) is 32.5 Å². The van der Waals surface area contributed by atoms with E-state index in [0.29, 0.717) is 0 Å². The molecule has 3 heteroatoms. The van der Waals surface area contributed by atoms with E-state index in [1.165, 1.54) is 71.2 Å². The van der Waals surface area contributed by atoms with E-state index in [1.54, 1.807) is 0 Å². The van der Waals surface area contributed by atoms with Gasteiger partial charge in [-0.1, -0.05) is 12.8 Å². The molecule has 0 aromatic rings. The van der Waals surface area contributed by atoms with Gasteiger partial charge in [-0.25, -0.2) is 0 Å². The first kappa shape index (κ1) is 14.3. The number of nitrogens with two attached hydrogens (primary N) is 1. The van der Waals surface area contributed by atoms with Crippen molar-refractivity contribution in [2.75, 3.05) is 46.3 Å². The van der Waals surface area contributed by atoms with Gasteiger partial charge >= 0.3 is 0 Å². The summed E-state index contributed by atoms with van der Waals surface area (Å²) in [5.74, 6) is 1.60. The summed E-state index contributed by atoms with van der Waals surface area (Å²) in [6.45, 7) is 7.28. The minimum atomic E-state index is 0.733. The molecule has 0 aliphatic carbocycles. The molecule has 2 N–H and O–H groups in total. The molecule has 1 unspecified atom stereocenters. The van der Waals surface area contributed by atoms with Crippen LogP contribution >= 0.6 is 0 Å². The lowest BCUT2D eigenvalue weighted by atomic mass is 9.84. The molecular formula is C15H31N3. The third-order valence-electron chi connectivity index (χ3n) is 4.92. The Morgan fingerprint density at radius 3 is 2.17 bits per heavy atom. The van der Waals surface area contributed by atoms with Gasteiger partial charge in [-0.2, -0.15) is 0 Å². The molecule has 2 aliphatic rings. The lowest BCUT2D eigenvalue weighted by molar-refractivity contribution is 0.136. The molecule has 2 fully saturated rings. The van der Waals surface area contributed by atoms with Crippen LogP contribution < -0.4 is 5.73 Å². The van der Waals surface area contributed by atoms with Crippen molar-refractivity contribution >= 4 is 0 Å². The van der Waals surface area contributed by atoms with E-state index >= 15 is 0 Å². The van der Waals surface area contributed by atoms with Gasteiger partial charge in [0.05, 0.1) is 0 Å². The van der Waals surface area contributed by atoms with Gasteiger partial charge < -0.3 is 15.5 Å². The van der Waals surface area contributed by atoms with Crippen LogP contribution in [0.3, 0.4) is 0 Å². The van der Waals surface area contributed by atoms with E-state index in [4.69, 9.17) is 5.73 Å². The van der Waals surface area contributed by atoms with Crippen molar-refractivity contribution in [1.82, 2.24) is 9.80 Å². The largest absolute Gasteiger partial charge is 0.330 e. The number of likely N-dealkylation sites (tertiary alicyclic amines) is 2. The highest BCUT2D eigenvalue weighted by Gasteiger charge is 2.26. The summed E-state index contributed by atoms with van der Waals surface area (Å²) >= 11 is 0. The van der Waals surface area contributed by atoms with E-state index in [-0.39, 0.29) is 0 Å². The Kier molecular flexibility index (Phi) is 5.93. The van der Waals surface area contributed by atoms with Crippen LogP contribution in [0.4, 0.5) is 0 Å². The van der Waals surface area contributed by atoms with E-state index in [1.807, 2.05) is 0 Å². The molecule has 0 aromatic carbocycles. The number of piperidine rings is 1. The number of nitrogens with zero attached hydrogens (tertiary/aromatic N) is 2. The van der Waals surface area contributed by atoms with Crippen molar-refractivity contribution in [2.45, 2.75) is 38.5 Å². The van der Waals surface area contributed by atoms with Gasteiger partial charge in [-0.15, -0.1) is 0 Å². The van der Waals surface area contributed by atoms with Crippen LogP contribution in [0.1, 0.15) is 38.5 Å². The van der Waals surface area contributed by atoms with Crippen molar-refractivity contribution in [3.8, 4) is 0 Å². The van der Waals surface area contributed by atoms with Crippen LogP contribution in [0, 0.1) is 11.8 Å². The molecule has 2 saturated heterocycles. The second kappa shape index (κ2) is 7.46. The molecule has 0 amide bonds. The molecule has 3 nitrogen and oxygen atoms in total. The number of hydrogen-bond acceptors (Lipinski definition) is 3. The smallest absolute Gasteiger partial charge is 0.00244 e. The quantitative estimate of drug-likeness (QED) is 0.829. The minimum Gasteiger partial charge on any atom is -0.330 e. The highest BCUT2D eigenvalue weighted by Crippen LogP contribution is 2.25. The molecule has 0 aromatic heterocycles. The molecule has 18 heavy (non-hydrogen) atoms. The lowest BCUT2D eigenvalue weighted by Crippen LogP contribution is -2.41. The van der Waals surface area contributed by atoms with Crippen molar-refractivity contribution in [1.29, 1.82) is 0 Å². The van der Waals surface area contributed by atoms with Gasteiger partial charge in [0.25, 0.3) is 0 Å². The fourth-order valence-electron chi connectivity index (χ4n) is 3.57. The number of rotatable bonds is 4. The minimum absolute atomic E-state index is 0.733. The maximum absolute atomic E-state index is 6.05. The van der Waals surface area contributed by atoms with E-state index < -0.39 is 0 Å². The van der Waals surface area contributed by atoms with Gasteiger partial charge in [-0.05, 0) is 77.3 Å². The zero-order chi connectivity index (χ0) is 12.8. The summed E-state index contributed by atoms with van der Waals surface area (Å²) < 4.78 is 0. The van der Waals surface area contributed by atoms with Crippen LogP contribution in [-0.4, -0.2) is 56.1 Å². The standard InChI is InChI=1S/C15H31N3/c1-17-10-6-14(7-11-17)15(12-16)13-18-8-4-2-3-5-9-18/h14-15H,2-13,16H2,1H3. The molecule has 1 atom stereocenters. The van der Waals surface area contributed by atoms with Crippen molar-refractivity contribution in [3.05, 3.63) is 0 Å². The molecular weight excluding hydrogens is 222 g/mol. The first-order chi connectivity index (χ1) is 8.79. The Balaban J connectivity index is 1.80. The fourth-order valence-corrected chi connectivity index (χ4v) is 3.57. The molecule has 106 valence electrons. The normalized spacial score (nSPS) is 27.0. The maximum Gasteiger partial charge on any atom is 0.00244 e. The van der Waals surface area contributed by atoms with Crippen LogP contribution in [-0.2, 0) is 0 Å². The monoisotopic (exact) mass is 253 g/mol. The molecule has 0 radical (unpaired) electrons. The molecule has 0 spiro atoms. The Bertz CT molecular complexity index is 216. The summed E-state index contributed by atoms with van der Waals surface area (Å²) in [5, 5.41) is 0. The Labute approximate surface area is 113 Å². The third-order valence-corrected chi connectivity index (χ3v) is 4.92. The first-order valence-electron chi connectivity index (χ1n) is 7.90. The summed E-state index contributed by atoms with van der Waals surface area (Å²) in [6.07, 6.45) is 8.35. The van der Waals surface area contributed by atoms with Crippen molar-refractivity contribution in [2.24, 2.45) is 17.6 Å². The van der Waals surface area contributed by atoms with E-state index in [9.17, 15) is 0 Å². The Morgan fingerprint density at radius 1 is 1.00 bits per heavy atom. The summed E-state index contributed by atoms with van der Waals surface area (Å²) in [4.78, 5) is 5.14. The third kappa shape index (κ3) is 4.22. The first-order valence-corrected chi connectivity index (χ1v) is 7.90.